The molecule has 2 aromatic heterocycles. The number of nitriles is 1. The van der Waals surface area contributed by atoms with Crippen molar-refractivity contribution in [3.05, 3.63) is 101 Å². The van der Waals surface area contributed by atoms with E-state index in [2.05, 4.69) is 10.6 Å². The van der Waals surface area contributed by atoms with Crippen molar-refractivity contribution in [3.8, 4) is 12.0 Å². The van der Waals surface area contributed by atoms with Crippen LogP contribution in [0.25, 0.3) is 5.88 Å². The van der Waals surface area contributed by atoms with Crippen LogP contribution in [0.1, 0.15) is 32.0 Å². The number of aromatic nitrogens is 1. The third-order valence-corrected chi connectivity index (χ3v) is 5.08. The molecule has 7 nitrogen and oxygen atoms in total. The first-order valence-corrected chi connectivity index (χ1v) is 10.00. The van der Waals surface area contributed by atoms with Crippen LogP contribution in [0.2, 0.25) is 5.02 Å². The second-order valence-corrected chi connectivity index (χ2v) is 7.29. The Morgan fingerprint density at radius 2 is 1.72 bits per heavy atom. The largest absolute Gasteiger partial charge is 0.443 e. The monoisotopic (exact) mass is 444 g/mol. The molecule has 0 spiro atoms. The maximum Gasteiger partial charge on any atom is 0.260 e. The third kappa shape index (κ3) is 4.13. The van der Waals surface area contributed by atoms with Gasteiger partial charge < -0.3 is 15.1 Å². The highest BCUT2D eigenvalue weighted by Crippen LogP contribution is 2.29. The average Bonchev–Trinajstić information content (AvgIpc) is 3.43. The molecule has 0 atom stereocenters. The fourth-order valence-electron chi connectivity index (χ4n) is 3.23. The number of carbonyl (C=O) groups excluding carboxylic acids is 2. The van der Waals surface area contributed by atoms with E-state index in [0.717, 1.165) is 0 Å². The van der Waals surface area contributed by atoms with Crippen LogP contribution < -0.4 is 10.6 Å². The molecule has 2 aromatic carbocycles. The number of rotatable bonds is 5. The lowest BCUT2D eigenvalue weighted by Crippen LogP contribution is -2.16. The highest BCUT2D eigenvalue weighted by Gasteiger charge is 2.25. The number of hydrogen-bond acceptors (Lipinski definition) is 4. The molecule has 0 aliphatic carbocycles. The van der Waals surface area contributed by atoms with Gasteiger partial charge in [0, 0.05) is 23.6 Å². The van der Waals surface area contributed by atoms with E-state index in [1.54, 1.807) is 54.2 Å². The van der Waals surface area contributed by atoms with Crippen LogP contribution >= 0.6 is 11.6 Å². The van der Waals surface area contributed by atoms with Crippen molar-refractivity contribution >= 4 is 34.8 Å². The second kappa shape index (κ2) is 8.84. The smallest absolute Gasteiger partial charge is 0.260 e. The zero-order chi connectivity index (χ0) is 22.7. The van der Waals surface area contributed by atoms with Crippen LogP contribution in [0.4, 0.5) is 11.4 Å². The molecule has 0 radical (unpaired) electrons. The van der Waals surface area contributed by atoms with E-state index in [-0.39, 0.29) is 39.4 Å². The Morgan fingerprint density at radius 1 is 1.00 bits per heavy atom. The van der Waals surface area contributed by atoms with Gasteiger partial charge in [0.1, 0.15) is 23.0 Å². The molecular weight excluding hydrogens is 428 g/mol. The second-order valence-electron chi connectivity index (χ2n) is 6.88. The van der Waals surface area contributed by atoms with Gasteiger partial charge in [-0.25, -0.2) is 0 Å². The summed E-state index contributed by atoms with van der Waals surface area (Å²) in [6.45, 7) is 1.61. The Bertz CT molecular complexity index is 1340. The van der Waals surface area contributed by atoms with Crippen LogP contribution in [0, 0.1) is 18.3 Å². The molecule has 2 N–H and O–H groups in total. The van der Waals surface area contributed by atoms with Gasteiger partial charge in [0.2, 0.25) is 5.88 Å². The minimum atomic E-state index is -0.566. The fourth-order valence-corrected chi connectivity index (χ4v) is 3.40. The van der Waals surface area contributed by atoms with Gasteiger partial charge in [-0.3, -0.25) is 14.2 Å². The number of nitrogens with one attached hydrogen (secondary N) is 2. The molecule has 8 heteroatoms. The van der Waals surface area contributed by atoms with Crippen LogP contribution in [0.3, 0.4) is 0 Å². The number of para-hydroxylation sites is 1. The number of hydrogen-bond donors (Lipinski definition) is 2. The molecule has 0 bridgehead atoms. The number of nitrogens with zero attached hydrogens (tertiary/aromatic N) is 2. The summed E-state index contributed by atoms with van der Waals surface area (Å²) in [5.74, 6) is -0.377. The Labute approximate surface area is 188 Å². The quantitative estimate of drug-likeness (QED) is 0.430. The van der Waals surface area contributed by atoms with Crippen molar-refractivity contribution in [3.63, 3.8) is 0 Å². The SMILES string of the molecule is Cc1oc(-n2cccc2)c(C#N)c1C(=O)Nc1cc(C(=O)Nc2ccccc2)ccc1Cl. The summed E-state index contributed by atoms with van der Waals surface area (Å²) in [6.07, 6.45) is 3.43. The normalized spacial score (nSPS) is 10.4. The van der Waals surface area contributed by atoms with Gasteiger partial charge in [-0.1, -0.05) is 29.8 Å². The van der Waals surface area contributed by atoms with Crippen LogP contribution in [-0.4, -0.2) is 16.4 Å². The molecule has 0 fully saturated rings. The Hall–Kier alpha value is -4.28. The topological polar surface area (TPSA) is 100 Å². The zero-order valence-corrected chi connectivity index (χ0v) is 17.7. The number of anilines is 2. The first-order valence-electron chi connectivity index (χ1n) is 9.62. The Morgan fingerprint density at radius 3 is 2.41 bits per heavy atom. The van der Waals surface area contributed by atoms with Gasteiger partial charge in [-0.15, -0.1) is 0 Å². The highest BCUT2D eigenvalue weighted by atomic mass is 35.5. The fraction of sp³-hybridized carbons (Fsp3) is 0.0417. The Balaban J connectivity index is 1.61. The summed E-state index contributed by atoms with van der Waals surface area (Å²) in [5, 5.41) is 15.4. The molecule has 4 aromatic rings. The average molecular weight is 445 g/mol. The minimum Gasteiger partial charge on any atom is -0.443 e. The molecule has 0 saturated carbocycles. The van der Waals surface area contributed by atoms with Gasteiger partial charge in [-0.05, 0) is 49.4 Å². The predicted molar refractivity (Wildman–Crippen MR) is 121 cm³/mol. The van der Waals surface area contributed by atoms with Gasteiger partial charge in [0.25, 0.3) is 11.8 Å². The summed E-state index contributed by atoms with van der Waals surface area (Å²) in [6, 6.07) is 19.2. The standard InChI is InChI=1S/C24H17ClN4O3/c1-15-21(18(14-26)24(32-15)29-11-5-6-12-29)23(31)28-20-13-16(9-10-19(20)25)22(30)27-17-7-3-2-4-8-17/h2-13H,1H3,(H,27,30)(H,28,31). The van der Waals surface area contributed by atoms with E-state index in [1.807, 2.05) is 24.3 Å². The number of carbonyl (C=O) groups is 2. The molecule has 0 aliphatic heterocycles. The zero-order valence-electron chi connectivity index (χ0n) is 16.9. The van der Waals surface area contributed by atoms with Crippen molar-refractivity contribution in [1.82, 2.24) is 4.57 Å². The first-order chi connectivity index (χ1) is 15.5. The summed E-state index contributed by atoms with van der Waals surface area (Å²) >= 11 is 6.25. The molecular formula is C24H17ClN4O3. The summed E-state index contributed by atoms with van der Waals surface area (Å²) in [7, 11) is 0. The van der Waals surface area contributed by atoms with Gasteiger partial charge >= 0.3 is 0 Å². The molecule has 2 heterocycles. The lowest BCUT2D eigenvalue weighted by Gasteiger charge is -2.10. The number of halogens is 1. The highest BCUT2D eigenvalue weighted by molar-refractivity contribution is 6.34. The van der Waals surface area contributed by atoms with Crippen molar-refractivity contribution in [2.24, 2.45) is 0 Å². The van der Waals surface area contributed by atoms with Crippen LogP contribution in [0.5, 0.6) is 0 Å². The Kier molecular flexibility index (Phi) is 5.79. The van der Waals surface area contributed by atoms with E-state index in [1.165, 1.54) is 12.1 Å². The third-order valence-electron chi connectivity index (χ3n) is 4.75. The maximum atomic E-state index is 13.0. The lowest BCUT2D eigenvalue weighted by molar-refractivity contribution is 0.101. The van der Waals surface area contributed by atoms with E-state index >= 15 is 0 Å². The van der Waals surface area contributed by atoms with Gasteiger partial charge in [-0.2, -0.15) is 5.26 Å². The summed E-state index contributed by atoms with van der Waals surface area (Å²) in [5.41, 5.74) is 1.40. The summed E-state index contributed by atoms with van der Waals surface area (Å²) in [4.78, 5) is 25.6. The summed E-state index contributed by atoms with van der Waals surface area (Å²) < 4.78 is 7.30. The van der Waals surface area contributed by atoms with Crippen molar-refractivity contribution < 1.29 is 14.0 Å². The molecule has 0 aliphatic rings. The van der Waals surface area contributed by atoms with Crippen LogP contribution in [0.15, 0.2) is 77.5 Å². The minimum absolute atomic E-state index is 0.102. The van der Waals surface area contributed by atoms with Gasteiger partial charge in [0.05, 0.1) is 10.7 Å². The van der Waals surface area contributed by atoms with E-state index in [9.17, 15) is 14.9 Å². The number of furan rings is 1. The van der Waals surface area contributed by atoms with E-state index in [4.69, 9.17) is 16.0 Å². The molecule has 2 amide bonds. The molecule has 0 saturated heterocycles. The predicted octanol–water partition coefficient (Wildman–Crippen LogP) is 5.41. The molecule has 158 valence electrons. The van der Waals surface area contributed by atoms with E-state index in [0.29, 0.717) is 11.3 Å². The molecule has 4 rings (SSSR count). The van der Waals surface area contributed by atoms with Crippen molar-refractivity contribution in [2.45, 2.75) is 6.92 Å². The van der Waals surface area contributed by atoms with E-state index < -0.39 is 5.91 Å². The molecule has 0 unspecified atom stereocenters. The van der Waals surface area contributed by atoms with Crippen molar-refractivity contribution in [2.75, 3.05) is 10.6 Å². The van der Waals surface area contributed by atoms with Gasteiger partial charge in [0.15, 0.2) is 0 Å². The number of aryl methyl sites for hydroxylation is 1. The first kappa shape index (κ1) is 21.0. The number of benzene rings is 2. The maximum absolute atomic E-state index is 13.0. The van der Waals surface area contributed by atoms with Crippen LogP contribution in [-0.2, 0) is 0 Å². The number of amides is 2. The molecule has 32 heavy (non-hydrogen) atoms. The lowest BCUT2D eigenvalue weighted by atomic mass is 10.1. The van der Waals surface area contributed by atoms with Crippen molar-refractivity contribution in [1.29, 1.82) is 5.26 Å².